The third-order valence-corrected chi connectivity index (χ3v) is 2.11. The van der Waals surface area contributed by atoms with Crippen molar-refractivity contribution in [2.75, 3.05) is 7.05 Å². The highest BCUT2D eigenvalue weighted by atomic mass is 14.8. The van der Waals surface area contributed by atoms with Gasteiger partial charge < -0.3 is 5.32 Å². The molecule has 0 aliphatic carbocycles. The van der Waals surface area contributed by atoms with E-state index in [0.717, 1.165) is 0 Å². The Bertz CT molecular complexity index is 241. The van der Waals surface area contributed by atoms with Crippen LogP contribution in [0.1, 0.15) is 26.3 Å². The molecule has 0 radical (unpaired) electrons. The Hall–Kier alpha value is -0.820. The summed E-state index contributed by atoms with van der Waals surface area (Å²) in [5.41, 5.74) is 2.96. The van der Waals surface area contributed by atoms with Gasteiger partial charge in [-0.2, -0.15) is 0 Å². The van der Waals surface area contributed by atoms with Crippen LogP contribution in [0.4, 0.5) is 5.69 Å². The molecule has 0 aliphatic rings. The molecule has 12 heavy (non-hydrogen) atoms. The maximum absolute atomic E-state index is 2.23. The second kappa shape index (κ2) is 3.28. The van der Waals surface area contributed by atoms with Crippen molar-refractivity contribution in [3.63, 3.8) is 0 Å². The van der Waals surface area contributed by atoms with Crippen molar-refractivity contribution >= 4 is 5.69 Å². The zero-order valence-electron chi connectivity index (χ0n) is 8.39. The van der Waals surface area contributed by atoms with Crippen LogP contribution in [-0.4, -0.2) is 7.05 Å². The molecular formula is C11H18N+. The molecule has 0 heterocycles. The van der Waals surface area contributed by atoms with Crippen molar-refractivity contribution in [3.05, 3.63) is 29.8 Å². The van der Waals surface area contributed by atoms with E-state index in [1.54, 1.807) is 0 Å². The van der Waals surface area contributed by atoms with Crippen molar-refractivity contribution in [2.45, 2.75) is 26.2 Å². The van der Waals surface area contributed by atoms with Crippen molar-refractivity contribution in [3.8, 4) is 0 Å². The van der Waals surface area contributed by atoms with Crippen molar-refractivity contribution in [1.82, 2.24) is 0 Å². The van der Waals surface area contributed by atoms with Gasteiger partial charge in [-0.1, -0.05) is 32.9 Å². The van der Waals surface area contributed by atoms with Crippen molar-refractivity contribution in [1.29, 1.82) is 0 Å². The first kappa shape index (κ1) is 9.27. The van der Waals surface area contributed by atoms with Gasteiger partial charge in [0.2, 0.25) is 0 Å². The molecule has 1 nitrogen and oxygen atoms in total. The number of benzene rings is 1. The molecule has 0 aliphatic heterocycles. The molecule has 0 saturated carbocycles. The van der Waals surface area contributed by atoms with E-state index in [4.69, 9.17) is 0 Å². The largest absolute Gasteiger partial charge is 0.316 e. The topological polar surface area (TPSA) is 16.6 Å². The Morgan fingerprint density at radius 2 is 1.50 bits per heavy atom. The lowest BCUT2D eigenvalue weighted by atomic mass is 9.87. The monoisotopic (exact) mass is 164 g/mol. The van der Waals surface area contributed by atoms with Crippen molar-refractivity contribution < 1.29 is 5.32 Å². The van der Waals surface area contributed by atoms with Gasteiger partial charge in [-0.05, 0) is 23.1 Å². The molecule has 66 valence electrons. The normalized spacial score (nSPS) is 11.7. The predicted molar refractivity (Wildman–Crippen MR) is 52.7 cm³/mol. The third-order valence-electron chi connectivity index (χ3n) is 2.11. The van der Waals surface area contributed by atoms with Crippen LogP contribution in [-0.2, 0) is 5.41 Å². The Balaban J connectivity index is 2.93. The summed E-state index contributed by atoms with van der Waals surface area (Å²) in [5.74, 6) is 0. The average Bonchev–Trinajstić information content (AvgIpc) is 2.03. The summed E-state index contributed by atoms with van der Waals surface area (Å²) in [6.07, 6.45) is 0. The van der Waals surface area contributed by atoms with E-state index in [0.29, 0.717) is 0 Å². The lowest BCUT2D eigenvalue weighted by Crippen LogP contribution is -2.72. The molecule has 1 rings (SSSR count). The summed E-state index contributed by atoms with van der Waals surface area (Å²) in [6.45, 7) is 6.70. The highest BCUT2D eigenvalue weighted by molar-refractivity contribution is 5.34. The van der Waals surface area contributed by atoms with Crippen molar-refractivity contribution in [2.24, 2.45) is 0 Å². The Labute approximate surface area is 74.8 Å². The predicted octanol–water partition coefficient (Wildman–Crippen LogP) is 1.81. The molecule has 0 fully saturated rings. The van der Waals surface area contributed by atoms with Gasteiger partial charge in [-0.3, -0.25) is 0 Å². The summed E-state index contributed by atoms with van der Waals surface area (Å²) in [7, 11) is 2.06. The summed E-state index contributed by atoms with van der Waals surface area (Å²) in [6, 6.07) is 8.74. The van der Waals surface area contributed by atoms with Crippen LogP contribution in [0, 0.1) is 0 Å². The molecule has 1 aromatic carbocycles. The fourth-order valence-electron chi connectivity index (χ4n) is 1.18. The number of nitrogens with two attached hydrogens (primary N) is 1. The van der Waals surface area contributed by atoms with E-state index in [-0.39, 0.29) is 5.41 Å². The first-order valence-electron chi connectivity index (χ1n) is 4.44. The Morgan fingerprint density at radius 1 is 1.00 bits per heavy atom. The maximum atomic E-state index is 2.23. The Kier molecular flexibility index (Phi) is 2.53. The van der Waals surface area contributed by atoms with Gasteiger partial charge in [0.25, 0.3) is 0 Å². The van der Waals surface area contributed by atoms with Crippen LogP contribution in [0.3, 0.4) is 0 Å². The van der Waals surface area contributed by atoms with Gasteiger partial charge in [0.1, 0.15) is 5.69 Å². The van der Waals surface area contributed by atoms with Gasteiger partial charge in [-0.15, -0.1) is 0 Å². The quantitative estimate of drug-likeness (QED) is 0.610. The standard InChI is InChI=1S/C11H17N/c1-11(2,3)9-5-7-10(12-4)8-6-9/h5-8,12H,1-4H3/p+1. The molecule has 0 unspecified atom stereocenters. The molecule has 0 atom stereocenters. The molecule has 0 bridgehead atoms. The number of hydrogen-bond donors (Lipinski definition) is 1. The van der Waals surface area contributed by atoms with Gasteiger partial charge in [0.15, 0.2) is 0 Å². The molecular weight excluding hydrogens is 146 g/mol. The minimum Gasteiger partial charge on any atom is -0.316 e. The van der Waals surface area contributed by atoms with Crippen LogP contribution in [0.2, 0.25) is 0 Å². The highest BCUT2D eigenvalue weighted by Crippen LogP contribution is 2.22. The fraction of sp³-hybridized carbons (Fsp3) is 0.455. The van der Waals surface area contributed by atoms with Crippen LogP contribution >= 0.6 is 0 Å². The lowest BCUT2D eigenvalue weighted by Gasteiger charge is -2.18. The molecule has 0 spiro atoms. The zero-order chi connectivity index (χ0) is 9.19. The second-order valence-electron chi connectivity index (χ2n) is 4.16. The van der Waals surface area contributed by atoms with Crippen LogP contribution in [0.25, 0.3) is 0 Å². The molecule has 0 saturated heterocycles. The summed E-state index contributed by atoms with van der Waals surface area (Å²) in [5, 5.41) is 2.12. The minimum atomic E-state index is 0.270. The number of rotatable bonds is 1. The highest BCUT2D eigenvalue weighted by Gasteiger charge is 2.12. The zero-order valence-corrected chi connectivity index (χ0v) is 8.39. The smallest absolute Gasteiger partial charge is 0.129 e. The van der Waals surface area contributed by atoms with E-state index in [1.807, 2.05) is 0 Å². The van der Waals surface area contributed by atoms with Gasteiger partial charge in [-0.25, -0.2) is 0 Å². The first-order chi connectivity index (χ1) is 5.54. The fourth-order valence-corrected chi connectivity index (χ4v) is 1.18. The van der Waals surface area contributed by atoms with E-state index >= 15 is 0 Å². The second-order valence-corrected chi connectivity index (χ2v) is 4.16. The van der Waals surface area contributed by atoms with Gasteiger partial charge in [0.05, 0.1) is 7.05 Å². The van der Waals surface area contributed by atoms with Crippen LogP contribution in [0.5, 0.6) is 0 Å². The van der Waals surface area contributed by atoms with Crippen LogP contribution in [0.15, 0.2) is 24.3 Å². The van der Waals surface area contributed by atoms with Crippen LogP contribution < -0.4 is 5.32 Å². The molecule has 1 heteroatoms. The maximum Gasteiger partial charge on any atom is 0.129 e. The summed E-state index contributed by atoms with van der Waals surface area (Å²) in [4.78, 5) is 0. The Morgan fingerprint density at radius 3 is 1.83 bits per heavy atom. The number of quaternary nitrogens is 1. The molecule has 0 aromatic heterocycles. The number of hydrogen-bond acceptors (Lipinski definition) is 0. The van der Waals surface area contributed by atoms with Gasteiger partial charge >= 0.3 is 0 Å². The third kappa shape index (κ3) is 2.08. The SMILES string of the molecule is C[NH2+]c1ccc(C(C)(C)C)cc1. The minimum absolute atomic E-state index is 0.270. The molecule has 2 N–H and O–H groups in total. The molecule has 0 amide bonds. The van der Waals surface area contributed by atoms with Gasteiger partial charge in [0, 0.05) is 0 Å². The van der Waals surface area contributed by atoms with E-state index in [9.17, 15) is 0 Å². The summed E-state index contributed by atoms with van der Waals surface area (Å²) >= 11 is 0. The van der Waals surface area contributed by atoms with E-state index in [2.05, 4.69) is 57.4 Å². The first-order valence-corrected chi connectivity index (χ1v) is 4.44. The van der Waals surface area contributed by atoms with E-state index < -0.39 is 0 Å². The lowest BCUT2D eigenvalue weighted by molar-refractivity contribution is -0.539. The molecule has 1 aromatic rings. The summed E-state index contributed by atoms with van der Waals surface area (Å²) < 4.78 is 0. The van der Waals surface area contributed by atoms with E-state index in [1.165, 1.54) is 11.3 Å². The average molecular weight is 164 g/mol.